The molecule has 2 aromatic rings. The fourth-order valence-corrected chi connectivity index (χ4v) is 1.59. The quantitative estimate of drug-likeness (QED) is 0.792. The van der Waals surface area contributed by atoms with E-state index in [1.165, 1.54) is 6.20 Å². The molecule has 3 N–H and O–H groups in total. The molecule has 0 saturated heterocycles. The second-order valence-corrected chi connectivity index (χ2v) is 3.90. The van der Waals surface area contributed by atoms with Crippen LogP contribution in [0.3, 0.4) is 0 Å². The summed E-state index contributed by atoms with van der Waals surface area (Å²) in [4.78, 5) is 11.5. The largest absolute Gasteiger partial charge is 0.401 e. The fraction of sp³-hybridized carbons (Fsp3) is 0.273. The molecule has 0 unspecified atom stereocenters. The summed E-state index contributed by atoms with van der Waals surface area (Å²) in [5, 5.41) is 11.8. The minimum absolute atomic E-state index is 0.409. The highest BCUT2D eigenvalue weighted by Gasteiger charge is 2.26. The van der Waals surface area contributed by atoms with Crippen molar-refractivity contribution in [2.45, 2.75) is 6.18 Å². The Labute approximate surface area is 106 Å². The smallest absolute Gasteiger partial charge is 0.324 e. The zero-order valence-corrected chi connectivity index (χ0v) is 9.71. The Kier molecular flexibility index (Phi) is 3.70. The number of nitrogens with zero attached hydrogens (tertiary/aromatic N) is 1. The molecule has 1 heterocycles. The number of aromatic amines is 1. The Balaban J connectivity index is 1.94. The van der Waals surface area contributed by atoms with Crippen molar-refractivity contribution in [3.05, 3.63) is 24.4 Å². The lowest BCUT2D eigenvalue weighted by atomic mass is 10.2. The molecule has 0 fully saturated rings. The summed E-state index contributed by atoms with van der Waals surface area (Å²) < 4.78 is 35.7. The molecule has 0 atom stereocenters. The standard InChI is InChI=1S/C11H11F3N4O/c12-11(13,14)6-15-5-10(19)17-8-2-1-3-9-7(8)4-16-18-9/h1-4,15H,5-6H2,(H,16,18)(H,17,19). The van der Waals surface area contributed by atoms with Crippen LogP contribution in [0.25, 0.3) is 10.9 Å². The summed E-state index contributed by atoms with van der Waals surface area (Å²) in [6, 6.07) is 5.14. The highest BCUT2D eigenvalue weighted by molar-refractivity contribution is 6.01. The third-order valence-corrected chi connectivity index (χ3v) is 2.37. The van der Waals surface area contributed by atoms with E-state index in [1.807, 2.05) is 5.32 Å². The normalized spacial score (nSPS) is 11.7. The van der Waals surface area contributed by atoms with E-state index in [9.17, 15) is 18.0 Å². The third-order valence-electron chi connectivity index (χ3n) is 2.37. The van der Waals surface area contributed by atoms with E-state index in [-0.39, 0.29) is 0 Å². The number of aromatic nitrogens is 2. The van der Waals surface area contributed by atoms with Crippen LogP contribution in [0.4, 0.5) is 18.9 Å². The number of hydrogen-bond acceptors (Lipinski definition) is 3. The Morgan fingerprint density at radius 2 is 2.16 bits per heavy atom. The van der Waals surface area contributed by atoms with E-state index in [4.69, 9.17) is 0 Å². The molecular formula is C11H11F3N4O. The second kappa shape index (κ2) is 5.27. The summed E-state index contributed by atoms with van der Waals surface area (Å²) in [5.74, 6) is -0.544. The van der Waals surface area contributed by atoms with Crippen molar-refractivity contribution in [1.82, 2.24) is 15.5 Å². The molecule has 0 radical (unpaired) electrons. The first-order valence-corrected chi connectivity index (χ1v) is 5.45. The number of amides is 1. The average molecular weight is 272 g/mol. The van der Waals surface area contributed by atoms with Gasteiger partial charge >= 0.3 is 6.18 Å². The van der Waals surface area contributed by atoms with Crippen LogP contribution in [0.5, 0.6) is 0 Å². The summed E-state index contributed by atoms with van der Waals surface area (Å²) in [6.07, 6.45) is -2.79. The molecule has 0 aliphatic rings. The van der Waals surface area contributed by atoms with Gasteiger partial charge in [0, 0.05) is 5.39 Å². The lowest BCUT2D eigenvalue weighted by molar-refractivity contribution is -0.126. The number of anilines is 1. The maximum absolute atomic E-state index is 11.9. The van der Waals surface area contributed by atoms with E-state index < -0.39 is 25.2 Å². The van der Waals surface area contributed by atoms with Crippen LogP contribution in [-0.2, 0) is 4.79 Å². The van der Waals surface area contributed by atoms with Gasteiger partial charge in [-0.15, -0.1) is 0 Å². The number of fused-ring (bicyclic) bond motifs is 1. The maximum atomic E-state index is 11.9. The van der Waals surface area contributed by atoms with Crippen LogP contribution in [0.1, 0.15) is 0 Å². The van der Waals surface area contributed by atoms with E-state index >= 15 is 0 Å². The molecule has 2 rings (SSSR count). The van der Waals surface area contributed by atoms with Crippen LogP contribution in [-0.4, -0.2) is 35.4 Å². The molecule has 102 valence electrons. The molecule has 1 aromatic carbocycles. The van der Waals surface area contributed by atoms with Gasteiger partial charge in [-0.1, -0.05) is 6.07 Å². The van der Waals surface area contributed by atoms with Crippen molar-refractivity contribution >= 4 is 22.5 Å². The Morgan fingerprint density at radius 1 is 1.37 bits per heavy atom. The zero-order valence-electron chi connectivity index (χ0n) is 9.71. The minimum Gasteiger partial charge on any atom is -0.324 e. The summed E-state index contributed by atoms with van der Waals surface area (Å²) in [5.41, 5.74) is 1.24. The van der Waals surface area contributed by atoms with Gasteiger partial charge in [-0.2, -0.15) is 18.3 Å². The van der Waals surface area contributed by atoms with Crippen molar-refractivity contribution in [2.24, 2.45) is 0 Å². The zero-order chi connectivity index (χ0) is 13.9. The number of carbonyl (C=O) groups is 1. The van der Waals surface area contributed by atoms with Gasteiger partial charge in [0.05, 0.1) is 30.5 Å². The highest BCUT2D eigenvalue weighted by atomic mass is 19.4. The first-order chi connectivity index (χ1) is 8.96. The molecule has 0 saturated carbocycles. The Morgan fingerprint density at radius 3 is 2.89 bits per heavy atom. The molecule has 0 bridgehead atoms. The van der Waals surface area contributed by atoms with Crippen molar-refractivity contribution in [2.75, 3.05) is 18.4 Å². The fourth-order valence-electron chi connectivity index (χ4n) is 1.59. The second-order valence-electron chi connectivity index (χ2n) is 3.90. The number of halogens is 3. The number of rotatable bonds is 4. The van der Waals surface area contributed by atoms with E-state index in [1.54, 1.807) is 18.2 Å². The molecule has 8 heteroatoms. The Hall–Kier alpha value is -2.09. The average Bonchev–Trinajstić information content (AvgIpc) is 2.76. The molecule has 5 nitrogen and oxygen atoms in total. The molecule has 0 spiro atoms. The van der Waals surface area contributed by atoms with Crippen LogP contribution in [0.15, 0.2) is 24.4 Å². The van der Waals surface area contributed by atoms with Gasteiger partial charge < -0.3 is 10.6 Å². The van der Waals surface area contributed by atoms with Crippen LogP contribution >= 0.6 is 0 Å². The molecular weight excluding hydrogens is 261 g/mol. The summed E-state index contributed by atoms with van der Waals surface area (Å²) in [7, 11) is 0. The van der Waals surface area contributed by atoms with Crippen LogP contribution in [0.2, 0.25) is 0 Å². The molecule has 0 aliphatic carbocycles. The van der Waals surface area contributed by atoms with Crippen molar-refractivity contribution < 1.29 is 18.0 Å². The topological polar surface area (TPSA) is 69.8 Å². The summed E-state index contributed by atoms with van der Waals surface area (Å²) in [6.45, 7) is -1.61. The van der Waals surface area contributed by atoms with E-state index in [0.29, 0.717) is 11.1 Å². The van der Waals surface area contributed by atoms with Gasteiger partial charge in [0.2, 0.25) is 5.91 Å². The van der Waals surface area contributed by atoms with Gasteiger partial charge in [-0.3, -0.25) is 9.89 Å². The third kappa shape index (κ3) is 3.68. The minimum atomic E-state index is -4.33. The maximum Gasteiger partial charge on any atom is 0.401 e. The number of alkyl halides is 3. The molecule has 1 aromatic heterocycles. The van der Waals surface area contributed by atoms with Gasteiger partial charge in [-0.25, -0.2) is 0 Å². The lowest BCUT2D eigenvalue weighted by Gasteiger charge is -2.09. The summed E-state index contributed by atoms with van der Waals surface area (Å²) >= 11 is 0. The number of carbonyl (C=O) groups excluding carboxylic acids is 1. The van der Waals surface area contributed by atoms with Gasteiger partial charge in [-0.05, 0) is 12.1 Å². The van der Waals surface area contributed by atoms with E-state index in [2.05, 4.69) is 15.5 Å². The van der Waals surface area contributed by atoms with Gasteiger partial charge in [0.25, 0.3) is 0 Å². The SMILES string of the molecule is O=C(CNCC(F)(F)F)Nc1cccc2[nH]ncc12. The van der Waals surface area contributed by atoms with E-state index in [0.717, 1.165) is 5.52 Å². The van der Waals surface area contributed by atoms with Crippen molar-refractivity contribution in [3.8, 4) is 0 Å². The van der Waals surface area contributed by atoms with Crippen molar-refractivity contribution in [3.63, 3.8) is 0 Å². The number of nitrogens with one attached hydrogen (secondary N) is 3. The molecule has 0 aliphatic heterocycles. The van der Waals surface area contributed by atoms with Crippen molar-refractivity contribution in [1.29, 1.82) is 0 Å². The number of H-pyrrole nitrogens is 1. The van der Waals surface area contributed by atoms with Crippen LogP contribution < -0.4 is 10.6 Å². The lowest BCUT2D eigenvalue weighted by Crippen LogP contribution is -2.35. The highest BCUT2D eigenvalue weighted by Crippen LogP contribution is 2.20. The molecule has 19 heavy (non-hydrogen) atoms. The predicted molar refractivity (Wildman–Crippen MR) is 63.6 cm³/mol. The Bertz CT molecular complexity index is 579. The first kappa shape index (κ1) is 13.3. The van der Waals surface area contributed by atoms with Gasteiger partial charge in [0.15, 0.2) is 0 Å². The van der Waals surface area contributed by atoms with Gasteiger partial charge in [0.1, 0.15) is 0 Å². The number of benzene rings is 1. The first-order valence-electron chi connectivity index (χ1n) is 5.45. The molecule has 1 amide bonds. The van der Waals surface area contributed by atoms with Crippen LogP contribution in [0, 0.1) is 0 Å². The monoisotopic (exact) mass is 272 g/mol. The number of hydrogen-bond donors (Lipinski definition) is 3. The predicted octanol–water partition coefficient (Wildman–Crippen LogP) is 1.65.